The van der Waals surface area contributed by atoms with Gasteiger partial charge in [-0.15, -0.1) is 0 Å². The van der Waals surface area contributed by atoms with Crippen molar-refractivity contribution >= 4 is 5.57 Å². The van der Waals surface area contributed by atoms with Crippen molar-refractivity contribution in [2.24, 2.45) is 0 Å². The normalized spacial score (nSPS) is 9.94. The van der Waals surface area contributed by atoms with E-state index in [1.807, 2.05) is 49.4 Å². The van der Waals surface area contributed by atoms with Gasteiger partial charge in [0.05, 0.1) is 0 Å². The molecule has 2 aromatic carbocycles. The lowest BCUT2D eigenvalue weighted by atomic mass is 10.1. The van der Waals surface area contributed by atoms with Gasteiger partial charge in [-0.2, -0.15) is 0 Å². The van der Waals surface area contributed by atoms with Gasteiger partial charge in [0.25, 0.3) is 0 Å². The quantitative estimate of drug-likeness (QED) is 0.752. The Balaban J connectivity index is 2.12. The summed E-state index contributed by atoms with van der Waals surface area (Å²) in [6.07, 6.45) is 0. The van der Waals surface area contributed by atoms with E-state index in [1.54, 1.807) is 0 Å². The molecule has 0 aliphatic carbocycles. The maximum absolute atomic E-state index is 5.82. The highest BCUT2D eigenvalue weighted by atomic mass is 16.5. The predicted octanol–water partition coefficient (Wildman–Crippen LogP) is 4.30. The van der Waals surface area contributed by atoms with E-state index in [4.69, 9.17) is 4.74 Å². The van der Waals surface area contributed by atoms with Crippen LogP contribution in [-0.4, -0.2) is 0 Å². The zero-order valence-electron chi connectivity index (χ0n) is 10.0. The molecule has 0 aromatic heterocycles. The number of allylic oxidation sites excluding steroid dienone is 1. The van der Waals surface area contributed by atoms with Crippen LogP contribution in [0.5, 0.6) is 5.75 Å². The summed E-state index contributed by atoms with van der Waals surface area (Å²) in [5.41, 5.74) is 3.26. The molecule has 0 fully saturated rings. The summed E-state index contributed by atoms with van der Waals surface area (Å²) >= 11 is 0. The van der Waals surface area contributed by atoms with Gasteiger partial charge in [-0.1, -0.05) is 55.1 Å². The van der Waals surface area contributed by atoms with Crippen molar-refractivity contribution in [3.05, 3.63) is 72.3 Å². The highest BCUT2D eigenvalue weighted by Gasteiger charge is 2.03. The Morgan fingerprint density at radius 1 is 1.00 bits per heavy atom. The number of rotatable bonds is 4. The molecule has 0 heterocycles. The third-order valence-electron chi connectivity index (χ3n) is 2.58. The van der Waals surface area contributed by atoms with Gasteiger partial charge in [0.15, 0.2) is 0 Å². The fourth-order valence-corrected chi connectivity index (χ4v) is 1.68. The molecule has 0 bridgehead atoms. The lowest BCUT2D eigenvalue weighted by Crippen LogP contribution is -1.97. The Labute approximate surface area is 102 Å². The summed E-state index contributed by atoms with van der Waals surface area (Å²) in [7, 11) is 0. The first-order chi connectivity index (χ1) is 8.27. The minimum absolute atomic E-state index is 0.588. The van der Waals surface area contributed by atoms with E-state index in [1.165, 1.54) is 5.56 Å². The third kappa shape index (κ3) is 2.97. The summed E-state index contributed by atoms with van der Waals surface area (Å²) in [5, 5.41) is 0. The smallest absolute Gasteiger partial charge is 0.127 e. The number of hydrogen-bond acceptors (Lipinski definition) is 1. The molecule has 0 amide bonds. The molecule has 0 saturated heterocycles. The van der Waals surface area contributed by atoms with Crippen LogP contribution in [0.2, 0.25) is 0 Å². The van der Waals surface area contributed by atoms with Gasteiger partial charge in [0, 0.05) is 5.56 Å². The number of benzene rings is 2. The fraction of sp³-hybridized carbons (Fsp3) is 0.125. The molecule has 0 atom stereocenters. The first-order valence-corrected chi connectivity index (χ1v) is 5.69. The molecule has 0 saturated carbocycles. The van der Waals surface area contributed by atoms with E-state index in [-0.39, 0.29) is 0 Å². The van der Waals surface area contributed by atoms with E-state index in [0.717, 1.165) is 16.9 Å². The molecule has 2 aromatic rings. The van der Waals surface area contributed by atoms with Gasteiger partial charge >= 0.3 is 0 Å². The number of para-hydroxylation sites is 1. The average Bonchev–Trinajstić information content (AvgIpc) is 2.38. The number of ether oxygens (including phenoxy) is 1. The minimum Gasteiger partial charge on any atom is -0.488 e. The van der Waals surface area contributed by atoms with E-state index in [2.05, 4.69) is 18.7 Å². The number of hydrogen-bond donors (Lipinski definition) is 0. The van der Waals surface area contributed by atoms with Crippen molar-refractivity contribution in [3.63, 3.8) is 0 Å². The van der Waals surface area contributed by atoms with Crippen LogP contribution in [0.4, 0.5) is 0 Å². The second-order valence-corrected chi connectivity index (χ2v) is 4.05. The summed E-state index contributed by atoms with van der Waals surface area (Å²) in [4.78, 5) is 0. The van der Waals surface area contributed by atoms with Crippen LogP contribution in [0, 0.1) is 0 Å². The fourth-order valence-electron chi connectivity index (χ4n) is 1.68. The second-order valence-electron chi connectivity index (χ2n) is 4.05. The van der Waals surface area contributed by atoms with Crippen LogP contribution in [0.25, 0.3) is 5.57 Å². The first-order valence-electron chi connectivity index (χ1n) is 5.69. The topological polar surface area (TPSA) is 9.23 Å². The standard InChI is InChI=1S/C16H16O/c1-13(2)15-10-6-7-11-16(15)17-12-14-8-4-3-5-9-14/h3-11H,1,12H2,2H3. The predicted molar refractivity (Wildman–Crippen MR) is 71.9 cm³/mol. The van der Waals surface area contributed by atoms with Crippen LogP contribution in [0.1, 0.15) is 18.1 Å². The molecule has 2 rings (SSSR count). The van der Waals surface area contributed by atoms with E-state index < -0.39 is 0 Å². The Bertz CT molecular complexity index is 500. The SMILES string of the molecule is C=C(C)c1ccccc1OCc1ccccc1. The average molecular weight is 224 g/mol. The Morgan fingerprint density at radius 3 is 2.35 bits per heavy atom. The molecular formula is C16H16O. The maximum Gasteiger partial charge on any atom is 0.127 e. The Morgan fingerprint density at radius 2 is 1.65 bits per heavy atom. The highest BCUT2D eigenvalue weighted by Crippen LogP contribution is 2.25. The lowest BCUT2D eigenvalue weighted by molar-refractivity contribution is 0.305. The Hall–Kier alpha value is -2.02. The summed E-state index contributed by atoms with van der Waals surface area (Å²) < 4.78 is 5.82. The van der Waals surface area contributed by atoms with Gasteiger partial charge in [-0.25, -0.2) is 0 Å². The molecular weight excluding hydrogens is 208 g/mol. The van der Waals surface area contributed by atoms with Crippen LogP contribution in [-0.2, 0) is 6.61 Å². The van der Waals surface area contributed by atoms with Crippen LogP contribution < -0.4 is 4.74 Å². The van der Waals surface area contributed by atoms with Gasteiger partial charge < -0.3 is 4.74 Å². The van der Waals surface area contributed by atoms with Crippen molar-refractivity contribution in [3.8, 4) is 5.75 Å². The van der Waals surface area contributed by atoms with Crippen molar-refractivity contribution < 1.29 is 4.74 Å². The molecule has 1 nitrogen and oxygen atoms in total. The largest absolute Gasteiger partial charge is 0.488 e. The van der Waals surface area contributed by atoms with Crippen molar-refractivity contribution in [1.82, 2.24) is 0 Å². The molecule has 17 heavy (non-hydrogen) atoms. The maximum atomic E-state index is 5.82. The summed E-state index contributed by atoms with van der Waals surface area (Å²) in [6.45, 7) is 6.54. The summed E-state index contributed by atoms with van der Waals surface area (Å²) in [5.74, 6) is 0.892. The molecule has 1 heteroatoms. The zero-order valence-corrected chi connectivity index (χ0v) is 10.0. The summed E-state index contributed by atoms with van der Waals surface area (Å²) in [6, 6.07) is 18.1. The molecule has 0 aliphatic heterocycles. The van der Waals surface area contributed by atoms with Gasteiger partial charge in [-0.05, 0) is 24.1 Å². The van der Waals surface area contributed by atoms with Gasteiger partial charge in [-0.3, -0.25) is 0 Å². The zero-order chi connectivity index (χ0) is 12.1. The molecule has 0 radical (unpaired) electrons. The van der Waals surface area contributed by atoms with E-state index >= 15 is 0 Å². The van der Waals surface area contributed by atoms with E-state index in [0.29, 0.717) is 6.61 Å². The van der Waals surface area contributed by atoms with Crippen molar-refractivity contribution in [1.29, 1.82) is 0 Å². The minimum atomic E-state index is 0.588. The molecule has 86 valence electrons. The monoisotopic (exact) mass is 224 g/mol. The van der Waals surface area contributed by atoms with Gasteiger partial charge in [0.1, 0.15) is 12.4 Å². The van der Waals surface area contributed by atoms with Crippen LogP contribution in [0.3, 0.4) is 0 Å². The first kappa shape index (κ1) is 11.5. The van der Waals surface area contributed by atoms with Crippen LogP contribution >= 0.6 is 0 Å². The molecule has 0 unspecified atom stereocenters. The Kier molecular flexibility index (Phi) is 3.61. The molecule has 0 aliphatic rings. The molecule has 0 N–H and O–H groups in total. The highest BCUT2D eigenvalue weighted by molar-refractivity contribution is 5.66. The van der Waals surface area contributed by atoms with Crippen molar-refractivity contribution in [2.75, 3.05) is 0 Å². The second kappa shape index (κ2) is 5.35. The van der Waals surface area contributed by atoms with Crippen LogP contribution in [0.15, 0.2) is 61.2 Å². The van der Waals surface area contributed by atoms with Gasteiger partial charge in [0.2, 0.25) is 0 Å². The molecule has 0 spiro atoms. The van der Waals surface area contributed by atoms with Crippen molar-refractivity contribution in [2.45, 2.75) is 13.5 Å². The van der Waals surface area contributed by atoms with E-state index in [9.17, 15) is 0 Å². The third-order valence-corrected chi connectivity index (χ3v) is 2.58. The lowest BCUT2D eigenvalue weighted by Gasteiger charge is -2.11.